The molecule has 1 unspecified atom stereocenters. The number of ketones is 1. The molecule has 7 heteroatoms. The third kappa shape index (κ3) is 2.20. The van der Waals surface area contributed by atoms with Gasteiger partial charge >= 0.3 is 0 Å². The van der Waals surface area contributed by atoms with Crippen LogP contribution in [0.4, 0.5) is 5.82 Å². The number of Topliss-reactive ketones (excluding diaryl/α,β-unsaturated/α-hetero) is 1. The van der Waals surface area contributed by atoms with E-state index in [1.807, 2.05) is 26.0 Å². The Bertz CT molecular complexity index is 864. The van der Waals surface area contributed by atoms with Crippen molar-refractivity contribution in [2.24, 2.45) is 5.41 Å². The van der Waals surface area contributed by atoms with Crippen LogP contribution in [0.5, 0.6) is 0 Å². The van der Waals surface area contributed by atoms with Crippen molar-refractivity contribution in [3.8, 4) is 6.07 Å². The fourth-order valence-electron chi connectivity index (χ4n) is 3.35. The van der Waals surface area contributed by atoms with Crippen LogP contribution < -0.4 is 4.90 Å². The first-order valence-electron chi connectivity index (χ1n) is 7.56. The summed E-state index contributed by atoms with van der Waals surface area (Å²) in [5, 5.41) is 17.2. The van der Waals surface area contributed by atoms with Gasteiger partial charge in [-0.15, -0.1) is 9.24 Å². The lowest BCUT2D eigenvalue weighted by Crippen LogP contribution is -2.55. The molecule has 0 fully saturated rings. The topological polar surface area (TPSA) is 93.7 Å². The van der Waals surface area contributed by atoms with Crippen LogP contribution in [0.15, 0.2) is 35.6 Å². The Morgan fingerprint density at radius 2 is 2.17 bits per heavy atom. The summed E-state index contributed by atoms with van der Waals surface area (Å²) in [6.07, 6.45) is 5.20. The van der Waals surface area contributed by atoms with Crippen molar-refractivity contribution in [1.82, 2.24) is 9.97 Å². The average molecular weight is 339 g/mol. The van der Waals surface area contributed by atoms with Gasteiger partial charge in [-0.25, -0.2) is 9.97 Å². The molecule has 122 valence electrons. The van der Waals surface area contributed by atoms with Gasteiger partial charge in [-0.2, -0.15) is 5.26 Å². The van der Waals surface area contributed by atoms with E-state index in [4.69, 9.17) is 5.41 Å². The minimum absolute atomic E-state index is 0.0950. The number of allylic oxidation sites excluding steroid dienone is 1. The smallest absolute Gasteiger partial charge is 0.182 e. The monoisotopic (exact) mass is 339 g/mol. The summed E-state index contributed by atoms with van der Waals surface area (Å²) in [5.74, 6) is 1.33. The molecule has 1 aliphatic heterocycles. The number of amidine groups is 1. The molecule has 1 aromatic heterocycles. The SMILES string of the molecule is Cc1nccc(N2CC=C3C(C)(C)C(=O)C(C#N)=C[C@@]3(P)C2=N)n1. The summed E-state index contributed by atoms with van der Waals surface area (Å²) in [4.78, 5) is 22.8. The first-order chi connectivity index (χ1) is 11.2. The molecule has 0 amide bonds. The summed E-state index contributed by atoms with van der Waals surface area (Å²) < 4.78 is 0. The largest absolute Gasteiger partial charge is 0.310 e. The molecule has 1 aromatic rings. The minimum Gasteiger partial charge on any atom is -0.310 e. The van der Waals surface area contributed by atoms with Gasteiger partial charge in [0.15, 0.2) is 5.78 Å². The normalized spacial score (nSPS) is 25.5. The number of carbonyl (C=O) groups is 1. The van der Waals surface area contributed by atoms with E-state index < -0.39 is 10.6 Å². The van der Waals surface area contributed by atoms with Crippen LogP contribution in [0.25, 0.3) is 0 Å². The van der Waals surface area contributed by atoms with Gasteiger partial charge in [-0.1, -0.05) is 6.08 Å². The number of carbonyl (C=O) groups excluding carboxylic acids is 1. The highest BCUT2D eigenvalue weighted by molar-refractivity contribution is 7.22. The molecule has 0 spiro atoms. The van der Waals surface area contributed by atoms with Gasteiger partial charge < -0.3 is 4.90 Å². The Kier molecular flexibility index (Phi) is 3.65. The highest BCUT2D eigenvalue weighted by atomic mass is 31.0. The predicted molar refractivity (Wildman–Crippen MR) is 94.8 cm³/mol. The fraction of sp³-hybridized carbons (Fsp3) is 0.353. The van der Waals surface area contributed by atoms with Gasteiger partial charge in [-0.3, -0.25) is 10.2 Å². The molecule has 0 saturated carbocycles. The molecule has 3 rings (SSSR count). The van der Waals surface area contributed by atoms with Crippen molar-refractivity contribution < 1.29 is 4.79 Å². The van der Waals surface area contributed by atoms with Crippen LogP contribution >= 0.6 is 9.24 Å². The molecule has 1 aliphatic carbocycles. The lowest BCUT2D eigenvalue weighted by atomic mass is 9.65. The summed E-state index contributed by atoms with van der Waals surface area (Å²) in [6.45, 7) is 5.86. The van der Waals surface area contributed by atoms with Crippen LogP contribution in [0.3, 0.4) is 0 Å². The van der Waals surface area contributed by atoms with Crippen LogP contribution in [0.2, 0.25) is 0 Å². The molecule has 0 aromatic carbocycles. The minimum atomic E-state index is -0.889. The standard InChI is InChI=1S/C17H18N5OP/c1-10-20-6-4-13(21-10)22-7-5-12-16(2,3)14(23)11(9-18)8-17(12,24)15(22)19/h4-6,8,19H,7,24H2,1-3H3/t17-/m0/s1. The number of nitrogens with one attached hydrogen (secondary N) is 1. The van der Waals surface area contributed by atoms with Crippen LogP contribution in [-0.2, 0) is 4.79 Å². The van der Waals surface area contributed by atoms with E-state index >= 15 is 0 Å². The molecule has 24 heavy (non-hydrogen) atoms. The number of hydrogen-bond acceptors (Lipinski definition) is 5. The number of fused-ring (bicyclic) bond motifs is 1. The molecule has 6 nitrogen and oxygen atoms in total. The number of hydrogen-bond donors (Lipinski definition) is 1. The van der Waals surface area contributed by atoms with E-state index in [1.165, 1.54) is 0 Å². The first kappa shape index (κ1) is 16.5. The number of aromatic nitrogens is 2. The summed E-state index contributed by atoms with van der Waals surface area (Å²) in [6, 6.07) is 3.73. The maximum atomic E-state index is 12.5. The Morgan fingerprint density at radius 1 is 1.46 bits per heavy atom. The second-order valence-electron chi connectivity index (χ2n) is 6.53. The molecule has 0 saturated heterocycles. The van der Waals surface area contributed by atoms with E-state index in [0.29, 0.717) is 18.2 Å². The van der Waals surface area contributed by atoms with Crippen molar-refractivity contribution >= 4 is 26.7 Å². The zero-order valence-electron chi connectivity index (χ0n) is 13.8. The van der Waals surface area contributed by atoms with Gasteiger partial charge in [0.2, 0.25) is 0 Å². The molecule has 2 heterocycles. The third-order valence-electron chi connectivity index (χ3n) is 4.60. The molecule has 1 N–H and O–H groups in total. The van der Waals surface area contributed by atoms with Gasteiger partial charge in [0, 0.05) is 12.7 Å². The van der Waals surface area contributed by atoms with Gasteiger partial charge in [0.05, 0.1) is 16.1 Å². The summed E-state index contributed by atoms with van der Waals surface area (Å²) >= 11 is 0. The summed E-state index contributed by atoms with van der Waals surface area (Å²) in [7, 11) is 2.65. The lowest BCUT2D eigenvalue weighted by Gasteiger charge is -2.47. The summed E-state index contributed by atoms with van der Waals surface area (Å²) in [5.41, 5.74) is 0.107. The van der Waals surface area contributed by atoms with E-state index in [1.54, 1.807) is 30.2 Å². The Balaban J connectivity index is 2.16. The lowest BCUT2D eigenvalue weighted by molar-refractivity contribution is -0.121. The zero-order chi connectivity index (χ0) is 17.7. The Labute approximate surface area is 143 Å². The number of rotatable bonds is 1. The fourth-order valence-corrected chi connectivity index (χ4v) is 4.15. The van der Waals surface area contributed by atoms with Crippen molar-refractivity contribution in [2.45, 2.75) is 25.9 Å². The van der Waals surface area contributed by atoms with E-state index in [2.05, 4.69) is 19.2 Å². The molecule has 2 aliphatic rings. The van der Waals surface area contributed by atoms with Crippen molar-refractivity contribution in [3.63, 3.8) is 0 Å². The highest BCUT2D eigenvalue weighted by Gasteiger charge is 2.52. The molecule has 0 bridgehead atoms. The van der Waals surface area contributed by atoms with Crippen LogP contribution in [0.1, 0.15) is 19.7 Å². The molecular formula is C17H18N5OP. The average Bonchev–Trinajstić information content (AvgIpc) is 2.53. The number of aryl methyl sites for hydroxylation is 1. The van der Waals surface area contributed by atoms with E-state index in [-0.39, 0.29) is 17.2 Å². The van der Waals surface area contributed by atoms with Crippen molar-refractivity contribution in [1.29, 1.82) is 10.7 Å². The quantitative estimate of drug-likeness (QED) is 0.625. The van der Waals surface area contributed by atoms with E-state index in [9.17, 15) is 10.1 Å². The van der Waals surface area contributed by atoms with Gasteiger partial charge in [0.25, 0.3) is 0 Å². The first-order valence-corrected chi connectivity index (χ1v) is 8.13. The maximum absolute atomic E-state index is 12.5. The second-order valence-corrected chi connectivity index (χ2v) is 7.44. The van der Waals surface area contributed by atoms with E-state index in [0.717, 1.165) is 5.57 Å². The van der Waals surface area contributed by atoms with Gasteiger partial charge in [-0.05, 0) is 38.5 Å². The van der Waals surface area contributed by atoms with Gasteiger partial charge in [0.1, 0.15) is 23.5 Å². The van der Waals surface area contributed by atoms with Crippen LogP contribution in [0, 0.1) is 29.1 Å². The highest BCUT2D eigenvalue weighted by Crippen LogP contribution is 2.50. The Morgan fingerprint density at radius 3 is 2.79 bits per heavy atom. The Hall–Kier alpha value is -2.38. The van der Waals surface area contributed by atoms with Crippen molar-refractivity contribution in [2.75, 3.05) is 11.4 Å². The zero-order valence-corrected chi connectivity index (χ0v) is 14.9. The second kappa shape index (κ2) is 5.32. The molecular weight excluding hydrogens is 321 g/mol. The number of nitrogens with zero attached hydrogens (tertiary/aromatic N) is 4. The van der Waals surface area contributed by atoms with Crippen LogP contribution in [-0.4, -0.2) is 33.3 Å². The maximum Gasteiger partial charge on any atom is 0.182 e. The predicted octanol–water partition coefficient (Wildman–Crippen LogP) is 2.18. The molecule has 0 radical (unpaired) electrons. The van der Waals surface area contributed by atoms with Crippen molar-refractivity contribution in [3.05, 3.63) is 41.4 Å². The number of nitriles is 1. The molecule has 2 atom stereocenters. The number of anilines is 1. The third-order valence-corrected chi connectivity index (χ3v) is 5.35.